The van der Waals surface area contributed by atoms with Gasteiger partial charge < -0.3 is 5.32 Å². The number of hydrogen-bond acceptors (Lipinski definition) is 7. The maximum atomic E-state index is 13.3. The topological polar surface area (TPSA) is 132 Å². The van der Waals surface area contributed by atoms with Crippen LogP contribution in [0.3, 0.4) is 0 Å². The van der Waals surface area contributed by atoms with Gasteiger partial charge in [-0.2, -0.15) is 4.72 Å². The molecule has 4 rings (SSSR count). The van der Waals surface area contributed by atoms with Crippen molar-refractivity contribution >= 4 is 43.3 Å². The van der Waals surface area contributed by atoms with Crippen LogP contribution in [0.15, 0.2) is 68.4 Å². The van der Waals surface area contributed by atoms with Crippen LogP contribution in [0.2, 0.25) is 0 Å². The highest BCUT2D eigenvalue weighted by atomic mass is 32.2. The van der Waals surface area contributed by atoms with Gasteiger partial charge in [0.05, 0.1) is 21.5 Å². The number of rotatable bonds is 7. The molecule has 1 unspecified atom stereocenters. The van der Waals surface area contributed by atoms with Crippen molar-refractivity contribution in [2.75, 3.05) is 5.32 Å². The van der Waals surface area contributed by atoms with Crippen molar-refractivity contribution < 1.29 is 13.2 Å². The molecule has 0 aliphatic heterocycles. The summed E-state index contributed by atoms with van der Waals surface area (Å²) in [6.07, 6.45) is 0.0973. The standard InChI is InChI=1S/C23H23N5O5S2/c1-14-13-34-22(24-14)25-20(29)18(11-15-7-5-4-6-8-15)26-35(32,33)16-9-10-19-17(12-16)21(30)28(3)23(31)27(19)2/h4-10,12-13,18,26H,11H2,1-3H3,(H,24,25,29). The second-order valence-corrected chi connectivity index (χ2v) is 10.6. The van der Waals surface area contributed by atoms with Gasteiger partial charge in [-0.25, -0.2) is 18.2 Å². The minimum absolute atomic E-state index is 0.0693. The first-order chi connectivity index (χ1) is 16.6. The first kappa shape index (κ1) is 24.5. The molecule has 182 valence electrons. The molecule has 2 N–H and O–H groups in total. The maximum absolute atomic E-state index is 13.3. The zero-order valence-corrected chi connectivity index (χ0v) is 20.8. The Hall–Kier alpha value is -3.61. The van der Waals surface area contributed by atoms with Gasteiger partial charge in [0.25, 0.3) is 5.56 Å². The number of nitrogens with one attached hydrogen (secondary N) is 2. The van der Waals surface area contributed by atoms with Crippen LogP contribution in [0.4, 0.5) is 5.13 Å². The number of sulfonamides is 1. The van der Waals surface area contributed by atoms with Gasteiger partial charge >= 0.3 is 5.69 Å². The van der Waals surface area contributed by atoms with E-state index in [1.54, 1.807) is 36.6 Å². The lowest BCUT2D eigenvalue weighted by Gasteiger charge is -2.18. The number of nitrogens with zero attached hydrogens (tertiary/aromatic N) is 3. The Balaban J connectivity index is 1.70. The summed E-state index contributed by atoms with van der Waals surface area (Å²) in [6.45, 7) is 1.79. The summed E-state index contributed by atoms with van der Waals surface area (Å²) in [5, 5.41) is 4.87. The zero-order chi connectivity index (χ0) is 25.3. The number of thiazole rings is 1. The molecule has 35 heavy (non-hydrogen) atoms. The fraction of sp³-hybridized carbons (Fsp3) is 0.217. The van der Waals surface area contributed by atoms with Gasteiger partial charge in [-0.1, -0.05) is 30.3 Å². The van der Waals surface area contributed by atoms with E-state index in [4.69, 9.17) is 0 Å². The Morgan fingerprint density at radius 2 is 1.80 bits per heavy atom. The number of anilines is 1. The Morgan fingerprint density at radius 3 is 2.46 bits per heavy atom. The van der Waals surface area contributed by atoms with Crippen LogP contribution < -0.4 is 21.3 Å². The van der Waals surface area contributed by atoms with Crippen molar-refractivity contribution in [1.29, 1.82) is 0 Å². The third-order valence-corrected chi connectivity index (χ3v) is 7.84. The summed E-state index contributed by atoms with van der Waals surface area (Å²) in [4.78, 5) is 41.9. The fourth-order valence-corrected chi connectivity index (χ4v) is 5.55. The van der Waals surface area contributed by atoms with Crippen LogP contribution in [0, 0.1) is 6.92 Å². The minimum atomic E-state index is -4.22. The predicted octanol–water partition coefficient (Wildman–Crippen LogP) is 1.53. The minimum Gasteiger partial charge on any atom is -0.301 e. The van der Waals surface area contributed by atoms with E-state index in [2.05, 4.69) is 15.0 Å². The first-order valence-corrected chi connectivity index (χ1v) is 12.9. The average Bonchev–Trinajstić information content (AvgIpc) is 3.25. The molecule has 0 fully saturated rings. The first-order valence-electron chi connectivity index (χ1n) is 10.6. The van der Waals surface area contributed by atoms with Crippen LogP contribution in [0.1, 0.15) is 11.3 Å². The Kier molecular flexibility index (Phi) is 6.70. The quantitative estimate of drug-likeness (QED) is 0.385. The predicted molar refractivity (Wildman–Crippen MR) is 134 cm³/mol. The molecule has 12 heteroatoms. The molecule has 2 aromatic carbocycles. The summed E-state index contributed by atoms with van der Waals surface area (Å²) < 4.78 is 31.3. The Morgan fingerprint density at radius 1 is 1.09 bits per heavy atom. The monoisotopic (exact) mass is 513 g/mol. The molecule has 1 amide bonds. The normalized spacial score (nSPS) is 12.5. The Bertz CT molecular complexity index is 1640. The second-order valence-electron chi connectivity index (χ2n) is 8.03. The molecule has 4 aromatic rings. The third-order valence-electron chi connectivity index (χ3n) is 5.49. The van der Waals surface area contributed by atoms with E-state index in [9.17, 15) is 22.8 Å². The SMILES string of the molecule is Cc1csc(NC(=O)C(Cc2ccccc2)NS(=O)(=O)c2ccc3c(c2)c(=O)n(C)c(=O)n3C)n1. The number of benzene rings is 2. The highest BCUT2D eigenvalue weighted by Gasteiger charge is 2.27. The van der Waals surface area contributed by atoms with E-state index in [0.29, 0.717) is 10.6 Å². The molecule has 0 radical (unpaired) electrons. The number of fused-ring (bicyclic) bond motifs is 1. The van der Waals surface area contributed by atoms with Gasteiger partial charge in [-0.3, -0.25) is 18.7 Å². The number of carbonyl (C=O) groups is 1. The molecular weight excluding hydrogens is 490 g/mol. The van der Waals surface area contributed by atoms with Crippen LogP contribution in [-0.2, 0) is 35.3 Å². The van der Waals surface area contributed by atoms with E-state index in [0.717, 1.165) is 15.8 Å². The van der Waals surface area contributed by atoms with E-state index in [-0.39, 0.29) is 16.7 Å². The Labute approximate surface area is 204 Å². The van der Waals surface area contributed by atoms with Crippen LogP contribution in [0.25, 0.3) is 10.9 Å². The molecule has 0 saturated heterocycles. The zero-order valence-electron chi connectivity index (χ0n) is 19.2. The van der Waals surface area contributed by atoms with Crippen LogP contribution >= 0.6 is 11.3 Å². The number of hydrogen-bond donors (Lipinski definition) is 2. The number of carbonyl (C=O) groups excluding carboxylic acids is 1. The van der Waals surface area contributed by atoms with Gasteiger partial charge in [0.2, 0.25) is 15.9 Å². The molecule has 0 spiro atoms. The molecule has 0 aliphatic carbocycles. The molecule has 2 heterocycles. The number of aryl methyl sites for hydroxylation is 2. The summed E-state index contributed by atoms with van der Waals surface area (Å²) in [5.41, 5.74) is 0.659. The highest BCUT2D eigenvalue weighted by molar-refractivity contribution is 7.89. The lowest BCUT2D eigenvalue weighted by Crippen LogP contribution is -2.45. The summed E-state index contributed by atoms with van der Waals surface area (Å²) in [6, 6.07) is 11.8. The lowest BCUT2D eigenvalue weighted by atomic mass is 10.1. The smallest absolute Gasteiger partial charge is 0.301 e. The average molecular weight is 514 g/mol. The third kappa shape index (κ3) is 5.09. The molecule has 0 saturated carbocycles. The molecule has 1 atom stereocenters. The van der Waals surface area contributed by atoms with Crippen molar-refractivity contribution in [3.63, 3.8) is 0 Å². The van der Waals surface area contributed by atoms with Gasteiger partial charge in [-0.05, 0) is 37.1 Å². The fourth-order valence-electron chi connectivity index (χ4n) is 3.64. The lowest BCUT2D eigenvalue weighted by molar-refractivity contribution is -0.117. The largest absolute Gasteiger partial charge is 0.330 e. The summed E-state index contributed by atoms with van der Waals surface area (Å²) in [5.74, 6) is -0.564. The molecule has 2 aromatic heterocycles. The summed E-state index contributed by atoms with van der Waals surface area (Å²) in [7, 11) is -1.40. The van der Waals surface area contributed by atoms with E-state index >= 15 is 0 Å². The maximum Gasteiger partial charge on any atom is 0.330 e. The number of amides is 1. The number of aromatic nitrogens is 3. The highest BCUT2D eigenvalue weighted by Crippen LogP contribution is 2.18. The van der Waals surface area contributed by atoms with E-state index < -0.39 is 33.2 Å². The van der Waals surface area contributed by atoms with Crippen molar-refractivity contribution in [2.45, 2.75) is 24.3 Å². The van der Waals surface area contributed by atoms with E-state index in [1.165, 1.54) is 48.2 Å². The summed E-state index contributed by atoms with van der Waals surface area (Å²) >= 11 is 1.24. The van der Waals surface area contributed by atoms with Crippen molar-refractivity contribution in [3.05, 3.63) is 86.0 Å². The van der Waals surface area contributed by atoms with Crippen LogP contribution in [-0.4, -0.2) is 34.5 Å². The second kappa shape index (κ2) is 9.56. The molecule has 0 bridgehead atoms. The molecular formula is C23H23N5O5S2. The molecule has 10 nitrogen and oxygen atoms in total. The molecule has 0 aliphatic rings. The van der Waals surface area contributed by atoms with Crippen LogP contribution in [0.5, 0.6) is 0 Å². The van der Waals surface area contributed by atoms with Gasteiger partial charge in [0.15, 0.2) is 5.13 Å². The van der Waals surface area contributed by atoms with Crippen molar-refractivity contribution in [2.24, 2.45) is 14.1 Å². The van der Waals surface area contributed by atoms with Gasteiger partial charge in [-0.15, -0.1) is 11.3 Å². The van der Waals surface area contributed by atoms with Gasteiger partial charge in [0, 0.05) is 19.5 Å². The van der Waals surface area contributed by atoms with Crippen molar-refractivity contribution in [1.82, 2.24) is 18.8 Å². The van der Waals surface area contributed by atoms with E-state index in [1.807, 2.05) is 6.07 Å². The van der Waals surface area contributed by atoms with Gasteiger partial charge in [0.1, 0.15) is 6.04 Å². The van der Waals surface area contributed by atoms with Crippen molar-refractivity contribution in [3.8, 4) is 0 Å².